The summed E-state index contributed by atoms with van der Waals surface area (Å²) < 4.78 is 17.9. The maximum atomic E-state index is 13.6. The van der Waals surface area contributed by atoms with Crippen molar-refractivity contribution in [2.45, 2.75) is 81.4 Å². The van der Waals surface area contributed by atoms with E-state index in [-0.39, 0.29) is 41.4 Å². The molecule has 4 saturated carbocycles. The van der Waals surface area contributed by atoms with Crippen LogP contribution in [0.2, 0.25) is 0 Å². The van der Waals surface area contributed by atoms with Gasteiger partial charge < -0.3 is 29.7 Å². The Balaban J connectivity index is 1.19. The molecule has 4 aliphatic rings. The molecule has 44 heavy (non-hydrogen) atoms. The molecule has 234 valence electrons. The number of para-hydroxylation sites is 1. The molecule has 2 aromatic carbocycles. The molecule has 0 saturated heterocycles. The minimum atomic E-state index is -1.39. The molecule has 0 spiro atoms. The van der Waals surface area contributed by atoms with E-state index in [1.807, 2.05) is 13.0 Å². The first-order valence-electron chi connectivity index (χ1n) is 15.7. The maximum absolute atomic E-state index is 13.6. The second-order valence-corrected chi connectivity index (χ2v) is 13.4. The topological polar surface area (TPSA) is 138 Å². The zero-order valence-corrected chi connectivity index (χ0v) is 25.6. The first kappa shape index (κ1) is 30.7. The van der Waals surface area contributed by atoms with Gasteiger partial charge in [-0.25, -0.2) is 4.79 Å². The van der Waals surface area contributed by atoms with Crippen LogP contribution in [-0.2, 0) is 14.2 Å². The maximum Gasteiger partial charge on any atom is 0.340 e. The molecule has 4 aliphatic carbocycles. The van der Waals surface area contributed by atoms with Crippen LogP contribution in [0.1, 0.15) is 78.1 Å². The van der Waals surface area contributed by atoms with Crippen molar-refractivity contribution in [2.24, 2.45) is 29.6 Å². The molecular formula is C35H42N2O7. The minimum Gasteiger partial charge on any atom is -0.458 e. The fraction of sp³-hybridized carbons (Fsp3) is 0.571. The van der Waals surface area contributed by atoms with Crippen LogP contribution >= 0.6 is 0 Å². The van der Waals surface area contributed by atoms with Gasteiger partial charge in [0.1, 0.15) is 17.3 Å². The molecule has 0 aromatic heterocycles. The molecule has 3 unspecified atom stereocenters. The van der Waals surface area contributed by atoms with Gasteiger partial charge >= 0.3 is 5.97 Å². The van der Waals surface area contributed by atoms with Crippen LogP contribution in [0.3, 0.4) is 0 Å². The van der Waals surface area contributed by atoms with Crippen molar-refractivity contribution >= 4 is 17.6 Å². The number of hydrogen-bond donors (Lipinski definition) is 3. The lowest BCUT2D eigenvalue weighted by molar-refractivity contribution is -0.281. The molecule has 3 N–H and O–H groups in total. The molecule has 0 heterocycles. The summed E-state index contributed by atoms with van der Waals surface area (Å²) in [4.78, 5) is 26.5. The van der Waals surface area contributed by atoms with Crippen molar-refractivity contribution < 1.29 is 34.0 Å². The van der Waals surface area contributed by atoms with E-state index < -0.39 is 29.2 Å². The van der Waals surface area contributed by atoms with Crippen molar-refractivity contribution in [3.63, 3.8) is 0 Å². The summed E-state index contributed by atoms with van der Waals surface area (Å²) in [5.41, 5.74) is -1.50. The minimum absolute atomic E-state index is 0.0258. The molecule has 9 heteroatoms. The van der Waals surface area contributed by atoms with Gasteiger partial charge in [0.15, 0.2) is 0 Å². The second kappa shape index (κ2) is 11.9. The van der Waals surface area contributed by atoms with Crippen molar-refractivity contribution in [3.8, 4) is 6.07 Å². The molecule has 0 aliphatic heterocycles. The number of benzene rings is 2. The predicted octanol–water partition coefficient (Wildman–Crippen LogP) is 4.71. The number of ether oxygens (including phenoxy) is 3. The number of carbonyl (C=O) groups is 2. The first-order valence-corrected chi connectivity index (χ1v) is 15.7. The smallest absolute Gasteiger partial charge is 0.340 e. The normalized spacial score (nSPS) is 37.5. The van der Waals surface area contributed by atoms with Gasteiger partial charge in [-0.15, -0.1) is 0 Å². The highest BCUT2D eigenvalue weighted by molar-refractivity contribution is 6.08. The average Bonchev–Trinajstić information content (AvgIpc) is 3.26. The van der Waals surface area contributed by atoms with E-state index in [1.165, 1.54) is 6.07 Å². The van der Waals surface area contributed by atoms with Gasteiger partial charge in [0, 0.05) is 32.1 Å². The number of anilines is 1. The Kier molecular flexibility index (Phi) is 8.31. The van der Waals surface area contributed by atoms with Crippen LogP contribution in [0, 0.1) is 40.9 Å². The molecule has 6 rings (SSSR count). The third kappa shape index (κ3) is 5.02. The number of amides is 1. The van der Waals surface area contributed by atoms with Crippen LogP contribution < -0.4 is 5.32 Å². The number of aliphatic hydroxyl groups is 2. The van der Waals surface area contributed by atoms with Gasteiger partial charge in [-0.2, -0.15) is 5.26 Å². The molecule has 2 aromatic rings. The van der Waals surface area contributed by atoms with Crippen LogP contribution in [0.5, 0.6) is 0 Å². The highest BCUT2D eigenvalue weighted by Gasteiger charge is 2.71. The van der Waals surface area contributed by atoms with Crippen LogP contribution in [0.4, 0.5) is 5.69 Å². The van der Waals surface area contributed by atoms with Gasteiger partial charge in [-0.1, -0.05) is 25.1 Å². The lowest BCUT2D eigenvalue weighted by Gasteiger charge is -2.58. The lowest BCUT2D eigenvalue weighted by Crippen LogP contribution is -2.71. The Morgan fingerprint density at radius 2 is 1.77 bits per heavy atom. The standard InChI is InChI=1S/C35H42N2O7/c1-20-13-27-30(42-2)18-34(40,35(20,41)31(27)43-3)25-16-21-11-12-29(24(14-21)17-25)44-33(39)26-9-4-5-10-28(26)37-32(38)23-8-6-7-22(15-23)19-36/h4-10,15,20-21,24-25,27,29-31,40-41H,11-14,16-18H2,1-3H3,(H,37,38)/t20?,21-,24?,25+,27+,29-,30?,31-,34-,35-/m0/s1. The summed E-state index contributed by atoms with van der Waals surface area (Å²) in [7, 11) is 3.27. The Hall–Kier alpha value is -3.29. The van der Waals surface area contributed by atoms with E-state index in [2.05, 4.69) is 5.32 Å². The van der Waals surface area contributed by atoms with Crippen molar-refractivity contribution in [2.75, 3.05) is 19.5 Å². The molecular weight excluding hydrogens is 560 g/mol. The fourth-order valence-electron chi connectivity index (χ4n) is 9.17. The zero-order valence-electron chi connectivity index (χ0n) is 25.6. The number of nitriles is 1. The van der Waals surface area contributed by atoms with E-state index >= 15 is 0 Å². The van der Waals surface area contributed by atoms with Crippen LogP contribution in [0.15, 0.2) is 48.5 Å². The fourth-order valence-corrected chi connectivity index (χ4v) is 9.17. The number of carbonyl (C=O) groups excluding carboxylic acids is 2. The van der Waals surface area contributed by atoms with E-state index in [0.717, 1.165) is 32.1 Å². The van der Waals surface area contributed by atoms with E-state index in [0.29, 0.717) is 35.6 Å². The van der Waals surface area contributed by atoms with Crippen molar-refractivity contribution in [3.05, 3.63) is 65.2 Å². The summed E-state index contributed by atoms with van der Waals surface area (Å²) >= 11 is 0. The van der Waals surface area contributed by atoms with Gasteiger partial charge in [0.05, 0.1) is 35.1 Å². The highest BCUT2D eigenvalue weighted by atomic mass is 16.5. The number of esters is 1. The largest absolute Gasteiger partial charge is 0.458 e. The molecule has 9 nitrogen and oxygen atoms in total. The summed E-state index contributed by atoms with van der Waals surface area (Å²) in [5.74, 6) is -0.845. The van der Waals surface area contributed by atoms with E-state index in [9.17, 15) is 25.1 Å². The average molecular weight is 603 g/mol. The number of nitrogens with zero attached hydrogens (tertiary/aromatic N) is 1. The molecule has 4 fully saturated rings. The zero-order chi connectivity index (χ0) is 31.2. The van der Waals surface area contributed by atoms with Crippen LogP contribution in [0.25, 0.3) is 0 Å². The van der Waals surface area contributed by atoms with Gasteiger partial charge in [-0.3, -0.25) is 4.79 Å². The molecule has 1 amide bonds. The predicted molar refractivity (Wildman–Crippen MR) is 162 cm³/mol. The number of rotatable bonds is 7. The third-order valence-electron chi connectivity index (χ3n) is 11.2. The van der Waals surface area contributed by atoms with Crippen molar-refractivity contribution in [1.82, 2.24) is 0 Å². The molecule has 4 bridgehead atoms. The Morgan fingerprint density at radius 1 is 0.977 bits per heavy atom. The summed E-state index contributed by atoms with van der Waals surface area (Å²) in [6.45, 7) is 2.00. The Labute approximate surface area is 258 Å². The quantitative estimate of drug-likeness (QED) is 0.388. The van der Waals surface area contributed by atoms with E-state index in [1.54, 1.807) is 56.7 Å². The lowest BCUT2D eigenvalue weighted by atomic mass is 9.55. The number of fused-ring (bicyclic) bond motifs is 4. The first-order chi connectivity index (χ1) is 21.1. The van der Waals surface area contributed by atoms with Gasteiger partial charge in [0.25, 0.3) is 5.91 Å². The number of nitrogens with one attached hydrogen (secondary N) is 1. The van der Waals surface area contributed by atoms with E-state index in [4.69, 9.17) is 14.2 Å². The SMILES string of the molecule is COC1C[C@](O)([C@H]2CC3C[C@H](CC[C@@H]3OC(=O)c3ccccc3NC(=O)c3cccc(C#N)c3)C2)[C@]2(O)C(C)C[C@H]1[C@@H]2OC. The second-order valence-electron chi connectivity index (χ2n) is 13.4. The van der Waals surface area contributed by atoms with Crippen molar-refractivity contribution in [1.29, 1.82) is 5.26 Å². The molecule has 0 radical (unpaired) electrons. The monoisotopic (exact) mass is 602 g/mol. The van der Waals surface area contributed by atoms with Gasteiger partial charge in [-0.05, 0) is 92.5 Å². The highest BCUT2D eigenvalue weighted by Crippen LogP contribution is 2.61. The number of methoxy groups -OCH3 is 2. The summed E-state index contributed by atoms with van der Waals surface area (Å²) in [6, 6.07) is 15.2. The van der Waals surface area contributed by atoms with Crippen LogP contribution in [-0.4, -0.2) is 65.8 Å². The Morgan fingerprint density at radius 3 is 2.52 bits per heavy atom. The number of hydrogen-bond acceptors (Lipinski definition) is 8. The summed E-state index contributed by atoms with van der Waals surface area (Å²) in [6.07, 6.45) is 3.96. The molecule has 10 atom stereocenters. The van der Waals surface area contributed by atoms with Gasteiger partial charge in [0.2, 0.25) is 0 Å². The summed E-state index contributed by atoms with van der Waals surface area (Å²) in [5, 5.41) is 36.7. The Bertz CT molecular complexity index is 1460. The third-order valence-corrected chi connectivity index (χ3v) is 11.2.